The molecule has 9 nitrogen and oxygen atoms in total. The molecule has 3 aromatic carbocycles. The molecule has 260 valence electrons. The number of hydrogen-bond donors (Lipinski definition) is 3. The number of H-pyrrole nitrogens is 1. The first-order valence-electron chi connectivity index (χ1n) is 17.2. The second kappa shape index (κ2) is 12.9. The van der Waals surface area contributed by atoms with Gasteiger partial charge in [0.05, 0.1) is 37.3 Å². The Labute approximate surface area is 292 Å². The number of halogens is 1. The Balaban J connectivity index is 1.20. The maximum absolute atomic E-state index is 16.4. The van der Waals surface area contributed by atoms with Gasteiger partial charge in [0.25, 0.3) is 5.91 Å². The standard InChI is InChI=1S/C39H43FN4O5Si/c1-5-16-43-33-15-14-28(42-35(46)18-27-21-41-32-13-9-8-12-30(27)32)19-31(33)39(38(43)48)24(2)37(50(3,4)40)34(49-39)20-36(47)44-22-26-11-7-6-10-25(26)17-29(44)23-45/h5-15,19,21,24,29,34,37,41,45H,1,16-18,20,22-23H2,2-4H3,(H,42,46)/t24-,29-,34+,37-,39+/m0/s1. The van der Waals surface area contributed by atoms with E-state index < -0.39 is 37.6 Å². The molecule has 0 aliphatic carbocycles. The van der Waals surface area contributed by atoms with Crippen LogP contribution < -0.4 is 10.2 Å². The number of aliphatic hydroxyl groups excluding tert-OH is 1. The molecule has 1 fully saturated rings. The zero-order valence-electron chi connectivity index (χ0n) is 28.6. The Hall–Kier alpha value is -4.58. The summed E-state index contributed by atoms with van der Waals surface area (Å²) in [4.78, 5) is 48.4. The minimum absolute atomic E-state index is 0.124. The number of nitrogens with one attached hydrogen (secondary N) is 2. The number of amides is 3. The lowest BCUT2D eigenvalue weighted by atomic mass is 9.82. The lowest BCUT2D eigenvalue weighted by Gasteiger charge is -2.37. The number of carbonyl (C=O) groups excluding carboxylic acids is 3. The van der Waals surface area contributed by atoms with Crippen LogP contribution in [0.4, 0.5) is 15.5 Å². The highest BCUT2D eigenvalue weighted by atomic mass is 28.4. The van der Waals surface area contributed by atoms with Crippen LogP contribution in [0.15, 0.2) is 85.6 Å². The van der Waals surface area contributed by atoms with Crippen LogP contribution in [0.3, 0.4) is 0 Å². The maximum Gasteiger partial charge on any atom is 0.264 e. The molecule has 0 unspecified atom stereocenters. The quantitative estimate of drug-likeness (QED) is 0.113. The highest BCUT2D eigenvalue weighted by molar-refractivity contribution is 6.72. The summed E-state index contributed by atoms with van der Waals surface area (Å²) in [7, 11) is -3.54. The summed E-state index contributed by atoms with van der Waals surface area (Å²) in [6, 6.07) is 20.5. The van der Waals surface area contributed by atoms with E-state index in [0.29, 0.717) is 29.9 Å². The SMILES string of the molecule is C=CCN1C(=O)[C@]2(O[C@H](CC(=O)N3Cc4ccccc4C[C@H]3CO)[C@@H]([Si](C)(C)F)[C@@H]2C)c2cc(NC(=O)Cc3c[nH]c4ccccc34)ccc21. The van der Waals surface area contributed by atoms with Gasteiger partial charge in [-0.2, -0.15) is 0 Å². The minimum atomic E-state index is -3.54. The Bertz CT molecular complexity index is 1990. The molecule has 3 N–H and O–H groups in total. The van der Waals surface area contributed by atoms with Gasteiger partial charge in [0.15, 0.2) is 5.60 Å². The van der Waals surface area contributed by atoms with Gasteiger partial charge in [-0.3, -0.25) is 14.4 Å². The van der Waals surface area contributed by atoms with E-state index in [0.717, 1.165) is 27.6 Å². The molecular formula is C39H43FN4O5Si. The summed E-state index contributed by atoms with van der Waals surface area (Å²) in [6.07, 6.45) is 3.13. The summed E-state index contributed by atoms with van der Waals surface area (Å²) < 4.78 is 23.3. The lowest BCUT2D eigenvalue weighted by molar-refractivity contribution is -0.150. The second-order valence-corrected chi connectivity index (χ2v) is 18.1. The first kappa shape index (κ1) is 33.9. The number of para-hydroxylation sites is 1. The van der Waals surface area contributed by atoms with Gasteiger partial charge >= 0.3 is 0 Å². The van der Waals surface area contributed by atoms with Gasteiger partial charge in [-0.05, 0) is 60.5 Å². The number of aromatic amines is 1. The van der Waals surface area contributed by atoms with E-state index in [1.54, 1.807) is 47.2 Å². The van der Waals surface area contributed by atoms with Gasteiger partial charge in [0.2, 0.25) is 20.2 Å². The third kappa shape index (κ3) is 5.67. The van der Waals surface area contributed by atoms with Crippen molar-refractivity contribution in [3.05, 3.63) is 108 Å². The van der Waals surface area contributed by atoms with E-state index in [1.807, 2.05) is 61.7 Å². The van der Waals surface area contributed by atoms with E-state index >= 15 is 4.11 Å². The number of hydrogen-bond acceptors (Lipinski definition) is 5. The molecule has 3 aliphatic rings. The molecule has 1 aromatic heterocycles. The summed E-state index contributed by atoms with van der Waals surface area (Å²) in [5, 5.41) is 14.2. The van der Waals surface area contributed by atoms with Crippen molar-refractivity contribution >= 4 is 48.4 Å². The van der Waals surface area contributed by atoms with Crippen LogP contribution in [0.1, 0.15) is 35.6 Å². The van der Waals surface area contributed by atoms with Gasteiger partial charge in [-0.25, -0.2) is 0 Å². The molecule has 1 saturated heterocycles. The third-order valence-corrected chi connectivity index (χ3v) is 13.3. The predicted molar refractivity (Wildman–Crippen MR) is 194 cm³/mol. The number of aromatic nitrogens is 1. The number of nitrogens with zero attached hydrogens (tertiary/aromatic N) is 2. The first-order valence-corrected chi connectivity index (χ1v) is 20.2. The number of benzene rings is 3. The van der Waals surface area contributed by atoms with Crippen molar-refractivity contribution in [2.45, 2.75) is 69.1 Å². The van der Waals surface area contributed by atoms with E-state index in [9.17, 15) is 19.5 Å². The van der Waals surface area contributed by atoms with Crippen molar-refractivity contribution in [3.8, 4) is 0 Å². The average molecular weight is 695 g/mol. The Morgan fingerprint density at radius 1 is 1.14 bits per heavy atom. The summed E-state index contributed by atoms with van der Waals surface area (Å²) in [5.41, 5.74) is 3.30. The molecule has 1 spiro atoms. The zero-order valence-corrected chi connectivity index (χ0v) is 29.6. The average Bonchev–Trinajstić information content (AvgIpc) is 3.70. The topological polar surface area (TPSA) is 115 Å². The van der Waals surface area contributed by atoms with Crippen LogP contribution in [0.2, 0.25) is 18.6 Å². The number of fused-ring (bicyclic) bond motifs is 4. The van der Waals surface area contributed by atoms with Gasteiger partial charge in [0.1, 0.15) is 0 Å². The zero-order chi connectivity index (χ0) is 35.4. The highest BCUT2D eigenvalue weighted by Crippen LogP contribution is 2.60. The van der Waals surface area contributed by atoms with Crippen LogP contribution in [0.25, 0.3) is 10.9 Å². The highest BCUT2D eigenvalue weighted by Gasteiger charge is 2.67. The van der Waals surface area contributed by atoms with Crippen molar-refractivity contribution in [2.24, 2.45) is 5.92 Å². The summed E-state index contributed by atoms with van der Waals surface area (Å²) in [5.74, 6) is -1.42. The molecule has 3 aliphatic heterocycles. The Morgan fingerprint density at radius 3 is 2.62 bits per heavy atom. The molecule has 7 rings (SSSR count). The number of anilines is 2. The summed E-state index contributed by atoms with van der Waals surface area (Å²) >= 11 is 0. The van der Waals surface area contributed by atoms with Crippen molar-refractivity contribution in [1.82, 2.24) is 9.88 Å². The third-order valence-electron chi connectivity index (χ3n) is 10.8. The monoisotopic (exact) mass is 694 g/mol. The number of ether oxygens (including phenoxy) is 1. The Kier molecular flexibility index (Phi) is 8.78. The lowest BCUT2D eigenvalue weighted by Crippen LogP contribution is -2.48. The summed E-state index contributed by atoms with van der Waals surface area (Å²) in [6.45, 7) is 9.26. The van der Waals surface area contributed by atoms with Crippen molar-refractivity contribution in [3.63, 3.8) is 0 Å². The predicted octanol–water partition coefficient (Wildman–Crippen LogP) is 5.99. The molecule has 50 heavy (non-hydrogen) atoms. The van der Waals surface area contributed by atoms with Crippen LogP contribution in [-0.4, -0.2) is 66.4 Å². The molecule has 0 saturated carbocycles. The van der Waals surface area contributed by atoms with Gasteiger partial charge in [-0.15, -0.1) is 6.58 Å². The molecule has 11 heteroatoms. The number of rotatable bonds is 9. The molecule has 4 aromatic rings. The maximum atomic E-state index is 16.4. The van der Waals surface area contributed by atoms with Crippen molar-refractivity contribution in [1.29, 1.82) is 0 Å². The van der Waals surface area contributed by atoms with E-state index in [-0.39, 0.29) is 43.7 Å². The fourth-order valence-corrected chi connectivity index (χ4v) is 11.1. The largest absolute Gasteiger partial charge is 0.394 e. The molecule has 4 heterocycles. The van der Waals surface area contributed by atoms with Crippen LogP contribution in [0, 0.1) is 5.92 Å². The van der Waals surface area contributed by atoms with Crippen LogP contribution in [-0.2, 0) is 44.1 Å². The second-order valence-electron chi connectivity index (χ2n) is 14.3. The van der Waals surface area contributed by atoms with Gasteiger partial charge in [0, 0.05) is 52.9 Å². The van der Waals surface area contributed by atoms with E-state index in [1.165, 1.54) is 0 Å². The smallest absolute Gasteiger partial charge is 0.264 e. The molecule has 5 atom stereocenters. The van der Waals surface area contributed by atoms with Crippen molar-refractivity contribution in [2.75, 3.05) is 23.4 Å². The molecular weight excluding hydrogens is 652 g/mol. The van der Waals surface area contributed by atoms with E-state index in [2.05, 4.69) is 16.9 Å². The molecule has 0 radical (unpaired) electrons. The van der Waals surface area contributed by atoms with Gasteiger partial charge in [-0.1, -0.05) is 55.5 Å². The fourth-order valence-electron chi connectivity index (χ4n) is 8.62. The normalized spacial score (nSPS) is 24.5. The number of carbonyl (C=O) groups is 3. The fraction of sp³-hybridized carbons (Fsp3) is 0.359. The molecule has 0 bridgehead atoms. The molecule has 3 amide bonds. The van der Waals surface area contributed by atoms with Gasteiger partial charge < -0.3 is 34.1 Å². The Morgan fingerprint density at radius 2 is 1.88 bits per heavy atom. The van der Waals surface area contributed by atoms with Crippen LogP contribution in [0.5, 0.6) is 0 Å². The number of aliphatic hydroxyl groups is 1. The first-order chi connectivity index (χ1) is 24.0. The van der Waals surface area contributed by atoms with E-state index in [4.69, 9.17) is 4.74 Å². The van der Waals surface area contributed by atoms with Crippen molar-refractivity contribution < 1.29 is 28.3 Å². The minimum Gasteiger partial charge on any atom is -0.394 e. The van der Waals surface area contributed by atoms with Crippen LogP contribution >= 0.6 is 0 Å².